The lowest BCUT2D eigenvalue weighted by Gasteiger charge is -2.26. The van der Waals surface area contributed by atoms with Gasteiger partial charge >= 0.3 is 0 Å². The van der Waals surface area contributed by atoms with Crippen molar-refractivity contribution in [3.05, 3.63) is 95.6 Å². The van der Waals surface area contributed by atoms with Crippen molar-refractivity contribution in [2.24, 2.45) is 0 Å². The van der Waals surface area contributed by atoms with Gasteiger partial charge in [0.05, 0.1) is 11.4 Å². The first kappa shape index (κ1) is 21.7. The molecule has 3 rings (SSSR count). The lowest BCUT2D eigenvalue weighted by atomic mass is 10.2. The number of aryl methyl sites for hydroxylation is 2. The fourth-order valence-electron chi connectivity index (χ4n) is 3.19. The van der Waals surface area contributed by atoms with Crippen LogP contribution in [0.3, 0.4) is 0 Å². The van der Waals surface area contributed by atoms with Gasteiger partial charge in [0.2, 0.25) is 15.9 Å². The maximum absolute atomic E-state index is 13.6. The standard InChI is InChI=1S/C24H26N2O3S/c1-19-14-15-20(2)23(16-19)30(28,29)26(17-21-10-6-4-7-11-21)18-24(27)25(3)22-12-8-5-9-13-22/h4-16H,17-18H2,1-3H3. The number of likely N-dealkylation sites (N-methyl/N-ethyl adjacent to an activating group) is 1. The Morgan fingerprint density at radius 1 is 0.867 bits per heavy atom. The van der Waals surface area contributed by atoms with E-state index < -0.39 is 10.0 Å². The Morgan fingerprint density at radius 2 is 1.47 bits per heavy atom. The fourth-order valence-corrected chi connectivity index (χ4v) is 4.88. The highest BCUT2D eigenvalue weighted by molar-refractivity contribution is 7.89. The zero-order valence-corrected chi connectivity index (χ0v) is 18.3. The topological polar surface area (TPSA) is 57.7 Å². The van der Waals surface area contributed by atoms with Crippen LogP contribution in [0.4, 0.5) is 5.69 Å². The SMILES string of the molecule is Cc1ccc(C)c(S(=O)(=O)N(CC(=O)N(C)c2ccccc2)Cc2ccccc2)c1. The first-order chi connectivity index (χ1) is 14.3. The van der Waals surface area contributed by atoms with Gasteiger partial charge in [-0.2, -0.15) is 4.31 Å². The minimum atomic E-state index is -3.88. The molecule has 6 heteroatoms. The number of carbonyl (C=O) groups excluding carboxylic acids is 1. The summed E-state index contributed by atoms with van der Waals surface area (Å²) in [6.45, 7) is 3.49. The molecule has 0 aliphatic carbocycles. The molecule has 0 aliphatic heterocycles. The number of rotatable bonds is 7. The van der Waals surface area contributed by atoms with E-state index in [0.717, 1.165) is 11.1 Å². The molecule has 0 N–H and O–H groups in total. The van der Waals surface area contributed by atoms with Gasteiger partial charge in [0.1, 0.15) is 0 Å². The quantitative estimate of drug-likeness (QED) is 0.575. The van der Waals surface area contributed by atoms with Gasteiger partial charge in [-0.3, -0.25) is 4.79 Å². The van der Waals surface area contributed by atoms with E-state index in [1.807, 2.05) is 73.7 Å². The van der Waals surface area contributed by atoms with Crippen LogP contribution in [0, 0.1) is 13.8 Å². The zero-order chi connectivity index (χ0) is 21.7. The number of benzene rings is 3. The highest BCUT2D eigenvalue weighted by Gasteiger charge is 2.29. The van der Waals surface area contributed by atoms with Crippen molar-refractivity contribution >= 4 is 21.6 Å². The maximum atomic E-state index is 13.6. The molecule has 5 nitrogen and oxygen atoms in total. The fraction of sp³-hybridized carbons (Fsp3) is 0.208. The highest BCUT2D eigenvalue weighted by atomic mass is 32.2. The molecule has 0 unspecified atom stereocenters. The lowest BCUT2D eigenvalue weighted by Crippen LogP contribution is -2.41. The number of nitrogens with zero attached hydrogens (tertiary/aromatic N) is 2. The van der Waals surface area contributed by atoms with Gasteiger partial charge in [0.25, 0.3) is 0 Å². The maximum Gasteiger partial charge on any atom is 0.244 e. The van der Waals surface area contributed by atoms with E-state index in [2.05, 4.69) is 0 Å². The van der Waals surface area contributed by atoms with Gasteiger partial charge in [0.15, 0.2) is 0 Å². The monoisotopic (exact) mass is 422 g/mol. The first-order valence-corrected chi connectivity index (χ1v) is 11.2. The average molecular weight is 423 g/mol. The lowest BCUT2D eigenvalue weighted by molar-refractivity contribution is -0.118. The number of hydrogen-bond donors (Lipinski definition) is 0. The van der Waals surface area contributed by atoms with Gasteiger partial charge < -0.3 is 4.90 Å². The Balaban J connectivity index is 1.96. The second-order valence-corrected chi connectivity index (χ2v) is 9.22. The molecule has 0 aromatic heterocycles. The third-order valence-corrected chi connectivity index (χ3v) is 6.93. The summed E-state index contributed by atoms with van der Waals surface area (Å²) in [5, 5.41) is 0. The van der Waals surface area contributed by atoms with Crippen LogP contribution >= 0.6 is 0 Å². The molecule has 0 heterocycles. The Morgan fingerprint density at radius 3 is 2.10 bits per heavy atom. The van der Waals surface area contributed by atoms with Crippen molar-refractivity contribution in [3.8, 4) is 0 Å². The van der Waals surface area contributed by atoms with E-state index in [4.69, 9.17) is 0 Å². The van der Waals surface area contributed by atoms with Gasteiger partial charge in [-0.1, -0.05) is 60.7 Å². The number of hydrogen-bond acceptors (Lipinski definition) is 3. The highest BCUT2D eigenvalue weighted by Crippen LogP contribution is 2.23. The predicted molar refractivity (Wildman–Crippen MR) is 120 cm³/mol. The van der Waals surface area contributed by atoms with Crippen LogP contribution in [0.15, 0.2) is 83.8 Å². The first-order valence-electron chi connectivity index (χ1n) is 9.72. The number of anilines is 1. The second kappa shape index (κ2) is 9.24. The number of sulfonamides is 1. The Bertz CT molecular complexity index is 1110. The van der Waals surface area contributed by atoms with E-state index in [-0.39, 0.29) is 23.9 Å². The van der Waals surface area contributed by atoms with Crippen LogP contribution in [0.1, 0.15) is 16.7 Å². The molecule has 3 aromatic carbocycles. The molecule has 0 atom stereocenters. The van der Waals surface area contributed by atoms with Crippen LogP contribution in [-0.4, -0.2) is 32.2 Å². The molecule has 30 heavy (non-hydrogen) atoms. The van der Waals surface area contributed by atoms with E-state index in [9.17, 15) is 13.2 Å². The average Bonchev–Trinajstić information content (AvgIpc) is 2.75. The van der Waals surface area contributed by atoms with Crippen molar-refractivity contribution < 1.29 is 13.2 Å². The Labute approximate surface area is 178 Å². The summed E-state index contributed by atoms with van der Waals surface area (Å²) in [5.74, 6) is -0.300. The third kappa shape index (κ3) is 4.96. The molecular weight excluding hydrogens is 396 g/mol. The summed E-state index contributed by atoms with van der Waals surface area (Å²) in [6.07, 6.45) is 0. The van der Waals surface area contributed by atoms with Crippen molar-refractivity contribution in [2.75, 3.05) is 18.5 Å². The smallest absolute Gasteiger partial charge is 0.244 e. The van der Waals surface area contributed by atoms with Crippen LogP contribution in [0.5, 0.6) is 0 Å². The van der Waals surface area contributed by atoms with Crippen LogP contribution in [0.2, 0.25) is 0 Å². The van der Waals surface area contributed by atoms with Gasteiger partial charge in [-0.25, -0.2) is 8.42 Å². The van der Waals surface area contributed by atoms with E-state index >= 15 is 0 Å². The van der Waals surface area contributed by atoms with Crippen molar-refractivity contribution in [3.63, 3.8) is 0 Å². The molecular formula is C24H26N2O3S. The largest absolute Gasteiger partial charge is 0.314 e. The Hall–Kier alpha value is -2.96. The van der Waals surface area contributed by atoms with Gasteiger partial charge in [-0.05, 0) is 48.7 Å². The van der Waals surface area contributed by atoms with E-state index in [0.29, 0.717) is 11.3 Å². The van der Waals surface area contributed by atoms with Gasteiger partial charge in [-0.15, -0.1) is 0 Å². The summed E-state index contributed by atoms with van der Waals surface area (Å²) in [5.41, 5.74) is 3.04. The second-order valence-electron chi connectivity index (χ2n) is 7.32. The molecule has 0 spiro atoms. The minimum Gasteiger partial charge on any atom is -0.314 e. The predicted octanol–water partition coefficient (Wildman–Crippen LogP) is 4.16. The van der Waals surface area contributed by atoms with Crippen molar-refractivity contribution in [1.82, 2.24) is 4.31 Å². The molecule has 0 bridgehead atoms. The normalized spacial score (nSPS) is 11.5. The van der Waals surface area contributed by atoms with Crippen LogP contribution in [0.25, 0.3) is 0 Å². The van der Waals surface area contributed by atoms with E-state index in [1.54, 1.807) is 26.1 Å². The molecule has 0 saturated carbocycles. The molecule has 3 aromatic rings. The summed E-state index contributed by atoms with van der Waals surface area (Å²) in [4.78, 5) is 14.7. The molecule has 1 amide bonds. The summed E-state index contributed by atoms with van der Waals surface area (Å²) in [7, 11) is -2.22. The van der Waals surface area contributed by atoms with Crippen molar-refractivity contribution in [2.45, 2.75) is 25.3 Å². The molecule has 0 saturated heterocycles. The molecule has 0 aliphatic rings. The van der Waals surface area contributed by atoms with E-state index in [1.165, 1.54) is 9.21 Å². The summed E-state index contributed by atoms with van der Waals surface area (Å²) in [6, 6.07) is 23.8. The molecule has 156 valence electrons. The Kier molecular flexibility index (Phi) is 6.70. The minimum absolute atomic E-state index is 0.116. The van der Waals surface area contributed by atoms with Crippen LogP contribution < -0.4 is 4.90 Å². The zero-order valence-electron chi connectivity index (χ0n) is 17.4. The summed E-state index contributed by atoms with van der Waals surface area (Å²) >= 11 is 0. The molecule has 0 radical (unpaired) electrons. The van der Waals surface area contributed by atoms with Crippen LogP contribution in [-0.2, 0) is 21.4 Å². The van der Waals surface area contributed by atoms with Gasteiger partial charge in [0, 0.05) is 19.3 Å². The van der Waals surface area contributed by atoms with Crippen molar-refractivity contribution in [1.29, 1.82) is 0 Å². The number of amides is 1. The third-order valence-electron chi connectivity index (χ3n) is 4.99. The summed E-state index contributed by atoms with van der Waals surface area (Å²) < 4.78 is 28.4. The number of para-hydroxylation sites is 1. The number of carbonyl (C=O) groups is 1. The molecule has 0 fully saturated rings.